The molecule has 0 spiro atoms. The van der Waals surface area contributed by atoms with E-state index in [4.69, 9.17) is 37.7 Å². The minimum absolute atomic E-state index is 0.0674. The first-order valence-electron chi connectivity index (χ1n) is 15.3. The molecule has 8 nitrogen and oxygen atoms in total. The normalized spacial score (nSPS) is 11.0. The first-order chi connectivity index (χ1) is 23.3. The first kappa shape index (κ1) is 34.3. The lowest BCUT2D eigenvalue weighted by atomic mass is 10.0. The second-order valence-electron chi connectivity index (χ2n) is 10.9. The Hall–Kier alpha value is -5.05. The van der Waals surface area contributed by atoms with Gasteiger partial charge >= 0.3 is 5.97 Å². The minimum Gasteiger partial charge on any atom is -0.497 e. The smallest absolute Gasteiger partial charge is 0.305 e. The van der Waals surface area contributed by atoms with Gasteiger partial charge in [0.05, 0.1) is 31.5 Å². The number of carbonyl (C=O) groups excluding carboxylic acids is 2. The molecule has 5 aromatic rings. The summed E-state index contributed by atoms with van der Waals surface area (Å²) in [7, 11) is 3.00. The van der Waals surface area contributed by atoms with E-state index in [-0.39, 0.29) is 18.4 Å². The van der Waals surface area contributed by atoms with E-state index >= 15 is 0 Å². The number of benzene rings is 4. The van der Waals surface area contributed by atoms with Gasteiger partial charge in [0.15, 0.2) is 0 Å². The summed E-state index contributed by atoms with van der Waals surface area (Å²) in [6, 6.07) is 28.8. The molecule has 0 saturated heterocycles. The standard InChI is InChI=1S/C38H35Cl2N3O5/c1-46-31-15-7-27(8-16-31)23-41-37(44)25-43-24-35(33-19-14-30(39)22-34(33)40)42-36(43)20-9-26-5-10-28(11-6-26)29-12-17-32(18-13-29)48-21-3-4-38(45)47-2/h5-20,22,24H,3-4,21,23,25H2,1-2H3,(H,41,44). The van der Waals surface area contributed by atoms with Crippen LogP contribution < -0.4 is 14.8 Å². The van der Waals surface area contributed by atoms with Gasteiger partial charge in [-0.3, -0.25) is 9.59 Å². The van der Waals surface area contributed by atoms with Crippen molar-refractivity contribution in [3.8, 4) is 33.9 Å². The maximum atomic E-state index is 13.0. The fraction of sp³-hybridized carbons (Fsp3) is 0.184. The summed E-state index contributed by atoms with van der Waals surface area (Å²) in [4.78, 5) is 29.1. The minimum atomic E-state index is -0.242. The van der Waals surface area contributed by atoms with Crippen molar-refractivity contribution in [2.75, 3.05) is 20.8 Å². The van der Waals surface area contributed by atoms with Crippen molar-refractivity contribution < 1.29 is 23.8 Å². The summed E-state index contributed by atoms with van der Waals surface area (Å²) in [5.74, 6) is 1.70. The molecule has 48 heavy (non-hydrogen) atoms. The van der Waals surface area contributed by atoms with Gasteiger partial charge in [0.25, 0.3) is 0 Å². The highest BCUT2D eigenvalue weighted by Gasteiger charge is 2.14. The van der Waals surface area contributed by atoms with Crippen molar-refractivity contribution in [3.05, 3.63) is 124 Å². The van der Waals surface area contributed by atoms with Crippen molar-refractivity contribution in [1.29, 1.82) is 0 Å². The van der Waals surface area contributed by atoms with Crippen molar-refractivity contribution in [2.24, 2.45) is 0 Å². The van der Waals surface area contributed by atoms with Crippen LogP contribution in [0.1, 0.15) is 29.8 Å². The number of ether oxygens (including phenoxy) is 3. The largest absolute Gasteiger partial charge is 0.497 e. The Morgan fingerprint density at radius 3 is 2.21 bits per heavy atom. The molecule has 1 N–H and O–H groups in total. The van der Waals surface area contributed by atoms with Crippen LogP contribution in [-0.4, -0.2) is 42.3 Å². The van der Waals surface area contributed by atoms with E-state index in [0.717, 1.165) is 39.3 Å². The Balaban J connectivity index is 1.27. The molecule has 5 rings (SSSR count). The number of rotatable bonds is 14. The second kappa shape index (κ2) is 16.7. The molecule has 0 aliphatic rings. The van der Waals surface area contributed by atoms with Crippen molar-refractivity contribution >= 4 is 47.2 Å². The molecule has 0 atom stereocenters. The average molecular weight is 685 g/mol. The average Bonchev–Trinajstić information content (AvgIpc) is 3.50. The molecule has 0 saturated carbocycles. The van der Waals surface area contributed by atoms with Gasteiger partial charge in [0.1, 0.15) is 23.9 Å². The number of esters is 1. The third-order valence-electron chi connectivity index (χ3n) is 7.52. The monoisotopic (exact) mass is 683 g/mol. The molecule has 0 bridgehead atoms. The van der Waals surface area contributed by atoms with E-state index in [0.29, 0.717) is 47.6 Å². The van der Waals surface area contributed by atoms with E-state index in [1.807, 2.05) is 97.2 Å². The molecule has 1 amide bonds. The number of amides is 1. The molecular formula is C38H35Cl2N3O5. The summed E-state index contributed by atoms with van der Waals surface area (Å²) in [5, 5.41) is 3.98. The van der Waals surface area contributed by atoms with Crippen LogP contribution in [-0.2, 0) is 27.4 Å². The van der Waals surface area contributed by atoms with Gasteiger partial charge in [-0.15, -0.1) is 0 Å². The van der Waals surface area contributed by atoms with Crippen LogP contribution in [0.3, 0.4) is 0 Å². The lowest BCUT2D eigenvalue weighted by Gasteiger charge is -2.08. The molecule has 0 aliphatic carbocycles. The molecule has 0 aliphatic heterocycles. The highest BCUT2D eigenvalue weighted by molar-refractivity contribution is 6.36. The zero-order valence-electron chi connectivity index (χ0n) is 26.6. The molecular weight excluding hydrogens is 649 g/mol. The molecule has 0 unspecified atom stereocenters. The summed E-state index contributed by atoms with van der Waals surface area (Å²) in [6.45, 7) is 0.895. The number of hydrogen-bond acceptors (Lipinski definition) is 6. The van der Waals surface area contributed by atoms with E-state index in [9.17, 15) is 9.59 Å². The lowest BCUT2D eigenvalue weighted by Crippen LogP contribution is -2.27. The van der Waals surface area contributed by atoms with Crippen LogP contribution in [0.5, 0.6) is 11.5 Å². The maximum absolute atomic E-state index is 13.0. The molecule has 10 heteroatoms. The number of methoxy groups -OCH3 is 2. The SMILES string of the molecule is COC(=O)CCCOc1ccc(-c2ccc(C=Cc3nc(-c4ccc(Cl)cc4Cl)cn3CC(=O)NCc3ccc(OC)cc3)cc2)cc1. The van der Waals surface area contributed by atoms with Crippen molar-refractivity contribution in [1.82, 2.24) is 14.9 Å². The van der Waals surface area contributed by atoms with Gasteiger partial charge in [0.2, 0.25) is 5.91 Å². The van der Waals surface area contributed by atoms with Crippen LogP contribution in [0, 0.1) is 0 Å². The highest BCUT2D eigenvalue weighted by Crippen LogP contribution is 2.30. The molecule has 0 fully saturated rings. The van der Waals surface area contributed by atoms with Crippen LogP contribution in [0.15, 0.2) is 97.2 Å². The Kier molecular flexibility index (Phi) is 11.9. The summed E-state index contributed by atoms with van der Waals surface area (Å²) >= 11 is 12.6. The van der Waals surface area contributed by atoms with Gasteiger partial charge in [-0.2, -0.15) is 0 Å². The summed E-state index contributed by atoms with van der Waals surface area (Å²) < 4.78 is 17.4. The summed E-state index contributed by atoms with van der Waals surface area (Å²) in [5.41, 5.74) is 5.38. The lowest BCUT2D eigenvalue weighted by molar-refractivity contribution is -0.140. The van der Waals surface area contributed by atoms with Crippen molar-refractivity contribution in [3.63, 3.8) is 0 Å². The molecule has 246 valence electrons. The molecule has 0 radical (unpaired) electrons. The summed E-state index contributed by atoms with van der Waals surface area (Å²) in [6.07, 6.45) is 6.58. The number of aromatic nitrogens is 2. The van der Waals surface area contributed by atoms with E-state index in [1.165, 1.54) is 7.11 Å². The van der Waals surface area contributed by atoms with Crippen molar-refractivity contribution in [2.45, 2.75) is 25.9 Å². The number of carbonyl (C=O) groups is 2. The third-order valence-corrected chi connectivity index (χ3v) is 8.07. The van der Waals surface area contributed by atoms with Gasteiger partial charge in [-0.05, 0) is 77.2 Å². The van der Waals surface area contributed by atoms with E-state index < -0.39 is 0 Å². The highest BCUT2D eigenvalue weighted by atomic mass is 35.5. The maximum Gasteiger partial charge on any atom is 0.305 e. The Morgan fingerprint density at radius 2 is 1.54 bits per heavy atom. The number of nitrogens with one attached hydrogen (secondary N) is 1. The molecule has 4 aromatic carbocycles. The van der Waals surface area contributed by atoms with Crippen LogP contribution in [0.4, 0.5) is 0 Å². The Labute approximate surface area is 289 Å². The number of nitrogens with zero attached hydrogens (tertiary/aromatic N) is 2. The predicted molar refractivity (Wildman–Crippen MR) is 190 cm³/mol. The molecule has 1 aromatic heterocycles. The first-order valence-corrected chi connectivity index (χ1v) is 16.1. The predicted octanol–water partition coefficient (Wildman–Crippen LogP) is 8.35. The number of imidazole rings is 1. The zero-order valence-corrected chi connectivity index (χ0v) is 28.1. The van der Waals surface area contributed by atoms with Gasteiger partial charge in [-0.1, -0.05) is 77.8 Å². The number of halogens is 2. The molecule has 1 heterocycles. The zero-order chi connectivity index (χ0) is 33.9. The van der Waals surface area contributed by atoms with Crippen LogP contribution in [0.25, 0.3) is 34.5 Å². The van der Waals surface area contributed by atoms with Gasteiger partial charge in [0, 0.05) is 29.7 Å². The van der Waals surface area contributed by atoms with Crippen LogP contribution >= 0.6 is 23.2 Å². The van der Waals surface area contributed by atoms with Crippen LogP contribution in [0.2, 0.25) is 10.0 Å². The Bertz CT molecular complexity index is 1870. The third kappa shape index (κ3) is 9.50. The topological polar surface area (TPSA) is 91.7 Å². The quantitative estimate of drug-likeness (QED) is 0.0934. The van der Waals surface area contributed by atoms with E-state index in [1.54, 1.807) is 23.8 Å². The fourth-order valence-electron chi connectivity index (χ4n) is 4.88. The fourth-order valence-corrected chi connectivity index (χ4v) is 5.39. The van der Waals surface area contributed by atoms with Gasteiger partial charge in [-0.25, -0.2) is 4.98 Å². The number of hydrogen-bond donors (Lipinski definition) is 1. The second-order valence-corrected chi connectivity index (χ2v) is 11.7. The van der Waals surface area contributed by atoms with E-state index in [2.05, 4.69) is 10.1 Å². The van der Waals surface area contributed by atoms with Gasteiger partial charge < -0.3 is 24.1 Å². The Morgan fingerprint density at radius 1 is 0.854 bits per heavy atom.